The molecule has 0 amide bonds. The van der Waals surface area contributed by atoms with Gasteiger partial charge in [0.15, 0.2) is 0 Å². The Kier molecular flexibility index (Phi) is 2.06. The van der Waals surface area contributed by atoms with Gasteiger partial charge in [-0.3, -0.25) is 0 Å². The van der Waals surface area contributed by atoms with Crippen LogP contribution in [0.3, 0.4) is 0 Å². The summed E-state index contributed by atoms with van der Waals surface area (Å²) in [5.74, 6) is 0. The summed E-state index contributed by atoms with van der Waals surface area (Å²) in [6.45, 7) is 4.05. The highest BCUT2D eigenvalue weighted by molar-refractivity contribution is 7.18. The minimum Gasteiger partial charge on any atom is -0.322 e. The number of benzene rings is 1. The summed E-state index contributed by atoms with van der Waals surface area (Å²) in [7, 11) is 0. The van der Waals surface area contributed by atoms with Crippen molar-refractivity contribution in [1.29, 1.82) is 0 Å². The largest absolute Gasteiger partial charge is 0.322 e. The minimum atomic E-state index is 0.0395. The zero-order valence-electron chi connectivity index (χ0n) is 7.74. The molecule has 0 spiro atoms. The van der Waals surface area contributed by atoms with E-state index in [0.717, 1.165) is 10.5 Å². The molecule has 1 aromatic heterocycles. The van der Waals surface area contributed by atoms with Crippen molar-refractivity contribution in [2.24, 2.45) is 5.73 Å². The molecule has 0 aliphatic carbocycles. The summed E-state index contributed by atoms with van der Waals surface area (Å²) in [4.78, 5) is 4.45. The van der Waals surface area contributed by atoms with Crippen LogP contribution in [0.15, 0.2) is 18.2 Å². The van der Waals surface area contributed by atoms with Crippen LogP contribution in [-0.2, 0) is 0 Å². The van der Waals surface area contributed by atoms with E-state index in [4.69, 9.17) is 5.73 Å². The first-order valence-corrected chi connectivity index (χ1v) is 5.11. The second-order valence-electron chi connectivity index (χ2n) is 3.31. The fourth-order valence-electron chi connectivity index (χ4n) is 1.24. The van der Waals surface area contributed by atoms with Crippen LogP contribution in [0.4, 0.5) is 0 Å². The lowest BCUT2D eigenvalue weighted by Crippen LogP contribution is -2.03. The number of rotatable bonds is 1. The van der Waals surface area contributed by atoms with E-state index >= 15 is 0 Å². The van der Waals surface area contributed by atoms with Gasteiger partial charge in [-0.1, -0.05) is 6.07 Å². The fourth-order valence-corrected chi connectivity index (χ4v) is 2.26. The summed E-state index contributed by atoms with van der Waals surface area (Å²) in [6, 6.07) is 6.32. The molecule has 13 heavy (non-hydrogen) atoms. The van der Waals surface area contributed by atoms with Gasteiger partial charge in [0.05, 0.1) is 16.3 Å². The molecule has 0 saturated heterocycles. The molecule has 1 atom stereocenters. The highest BCUT2D eigenvalue weighted by atomic mass is 32.1. The van der Waals surface area contributed by atoms with Crippen molar-refractivity contribution in [3.05, 3.63) is 28.8 Å². The molecule has 2 nitrogen and oxygen atoms in total. The maximum Gasteiger partial charge on any atom is 0.110 e. The third-order valence-corrected chi connectivity index (χ3v) is 3.17. The average Bonchev–Trinajstić information content (AvgIpc) is 2.46. The summed E-state index contributed by atoms with van der Waals surface area (Å²) in [6.07, 6.45) is 0. The summed E-state index contributed by atoms with van der Waals surface area (Å²) in [5, 5.41) is 1.01. The van der Waals surface area contributed by atoms with Crippen molar-refractivity contribution < 1.29 is 0 Å². The van der Waals surface area contributed by atoms with Crippen molar-refractivity contribution in [2.75, 3.05) is 0 Å². The van der Waals surface area contributed by atoms with Crippen molar-refractivity contribution in [3.63, 3.8) is 0 Å². The second-order valence-corrected chi connectivity index (χ2v) is 4.37. The Labute approximate surface area is 81.4 Å². The number of nitrogens with zero attached hydrogens (tertiary/aromatic N) is 1. The second kappa shape index (κ2) is 3.09. The van der Waals surface area contributed by atoms with Crippen LogP contribution >= 0.6 is 11.3 Å². The van der Waals surface area contributed by atoms with Crippen molar-refractivity contribution in [1.82, 2.24) is 4.98 Å². The molecular weight excluding hydrogens is 180 g/mol. The number of hydrogen-bond donors (Lipinski definition) is 1. The topological polar surface area (TPSA) is 38.9 Å². The standard InChI is InChI=1S/C10H12N2S/c1-6-3-4-8-9(5-6)13-10(12-8)7(2)11/h3-5,7H,11H2,1-2H3. The average molecular weight is 192 g/mol. The van der Waals surface area contributed by atoms with E-state index in [0.29, 0.717) is 0 Å². The first-order valence-electron chi connectivity index (χ1n) is 4.29. The predicted octanol–water partition coefficient (Wildman–Crippen LogP) is 2.62. The molecule has 1 aromatic carbocycles. The molecule has 0 radical (unpaired) electrons. The number of aryl methyl sites for hydroxylation is 1. The fraction of sp³-hybridized carbons (Fsp3) is 0.300. The molecule has 3 heteroatoms. The Bertz CT molecular complexity index is 431. The van der Waals surface area contributed by atoms with Gasteiger partial charge in [-0.2, -0.15) is 0 Å². The first kappa shape index (κ1) is 8.66. The van der Waals surface area contributed by atoms with Gasteiger partial charge in [0.1, 0.15) is 5.01 Å². The van der Waals surface area contributed by atoms with Crippen LogP contribution in [0.2, 0.25) is 0 Å². The van der Waals surface area contributed by atoms with Crippen LogP contribution < -0.4 is 5.73 Å². The summed E-state index contributed by atoms with van der Waals surface area (Å²) in [5.41, 5.74) is 8.09. The molecule has 0 aliphatic rings. The van der Waals surface area contributed by atoms with Gasteiger partial charge in [0.25, 0.3) is 0 Å². The Hall–Kier alpha value is -0.930. The number of thiazole rings is 1. The Morgan fingerprint density at radius 3 is 2.92 bits per heavy atom. The monoisotopic (exact) mass is 192 g/mol. The van der Waals surface area contributed by atoms with Crippen molar-refractivity contribution in [2.45, 2.75) is 19.9 Å². The zero-order valence-corrected chi connectivity index (χ0v) is 8.56. The van der Waals surface area contributed by atoms with E-state index in [1.54, 1.807) is 11.3 Å². The minimum absolute atomic E-state index is 0.0395. The van der Waals surface area contributed by atoms with Gasteiger partial charge in [0.2, 0.25) is 0 Å². The molecule has 1 heterocycles. The van der Waals surface area contributed by atoms with Crippen LogP contribution in [0, 0.1) is 6.92 Å². The van der Waals surface area contributed by atoms with Crippen LogP contribution in [-0.4, -0.2) is 4.98 Å². The summed E-state index contributed by atoms with van der Waals surface area (Å²) < 4.78 is 1.23. The Balaban J connectivity index is 2.62. The van der Waals surface area contributed by atoms with Crippen LogP contribution in [0.5, 0.6) is 0 Å². The van der Waals surface area contributed by atoms with E-state index in [9.17, 15) is 0 Å². The molecular formula is C10H12N2S. The van der Waals surface area contributed by atoms with Gasteiger partial charge in [-0.15, -0.1) is 11.3 Å². The smallest absolute Gasteiger partial charge is 0.110 e. The van der Waals surface area contributed by atoms with E-state index in [1.807, 2.05) is 13.0 Å². The highest BCUT2D eigenvalue weighted by Crippen LogP contribution is 2.25. The van der Waals surface area contributed by atoms with E-state index in [-0.39, 0.29) is 6.04 Å². The van der Waals surface area contributed by atoms with Crippen LogP contribution in [0.25, 0.3) is 10.2 Å². The lowest BCUT2D eigenvalue weighted by Gasteiger charge is -1.95. The van der Waals surface area contributed by atoms with Crippen molar-refractivity contribution >= 4 is 21.6 Å². The molecule has 2 rings (SSSR count). The lowest BCUT2D eigenvalue weighted by molar-refractivity contribution is 0.810. The molecule has 1 unspecified atom stereocenters. The van der Waals surface area contributed by atoms with E-state index in [2.05, 4.69) is 24.0 Å². The maximum absolute atomic E-state index is 5.76. The highest BCUT2D eigenvalue weighted by Gasteiger charge is 2.06. The Morgan fingerprint density at radius 1 is 1.46 bits per heavy atom. The molecule has 0 aliphatic heterocycles. The van der Waals surface area contributed by atoms with Gasteiger partial charge in [-0.05, 0) is 31.5 Å². The third kappa shape index (κ3) is 1.57. The van der Waals surface area contributed by atoms with E-state index in [1.165, 1.54) is 10.3 Å². The zero-order chi connectivity index (χ0) is 9.42. The number of aromatic nitrogens is 1. The van der Waals surface area contributed by atoms with E-state index < -0.39 is 0 Å². The van der Waals surface area contributed by atoms with Gasteiger partial charge in [-0.25, -0.2) is 4.98 Å². The maximum atomic E-state index is 5.76. The quantitative estimate of drug-likeness (QED) is 0.754. The van der Waals surface area contributed by atoms with Gasteiger partial charge < -0.3 is 5.73 Å². The van der Waals surface area contributed by atoms with Gasteiger partial charge in [0, 0.05) is 0 Å². The molecule has 68 valence electrons. The molecule has 0 bridgehead atoms. The molecule has 2 aromatic rings. The van der Waals surface area contributed by atoms with Crippen LogP contribution in [0.1, 0.15) is 23.5 Å². The predicted molar refractivity (Wildman–Crippen MR) is 57.0 cm³/mol. The Morgan fingerprint density at radius 2 is 2.23 bits per heavy atom. The number of fused-ring (bicyclic) bond motifs is 1. The summed E-state index contributed by atoms with van der Waals surface area (Å²) >= 11 is 1.68. The van der Waals surface area contributed by atoms with Crippen molar-refractivity contribution in [3.8, 4) is 0 Å². The van der Waals surface area contributed by atoms with Gasteiger partial charge >= 0.3 is 0 Å². The number of nitrogens with two attached hydrogens (primary N) is 1. The molecule has 0 saturated carbocycles. The molecule has 2 N–H and O–H groups in total. The lowest BCUT2D eigenvalue weighted by atomic mass is 10.2. The third-order valence-electron chi connectivity index (χ3n) is 1.95. The SMILES string of the molecule is Cc1ccc2nc(C(C)N)sc2c1. The number of hydrogen-bond acceptors (Lipinski definition) is 3. The first-order chi connectivity index (χ1) is 6.16. The normalized spacial score (nSPS) is 13.5. The molecule has 0 fully saturated rings.